The molecule has 142 valence electrons. The van der Waals surface area contributed by atoms with Crippen LogP contribution in [-0.2, 0) is 0 Å². The minimum Gasteiger partial charge on any atom is -0.383 e. The summed E-state index contributed by atoms with van der Waals surface area (Å²) in [5.74, 6) is 0.567. The summed E-state index contributed by atoms with van der Waals surface area (Å²) in [6, 6.07) is 15.6. The lowest BCUT2D eigenvalue weighted by Gasteiger charge is -2.02. The van der Waals surface area contributed by atoms with Crippen molar-refractivity contribution in [2.45, 2.75) is 6.92 Å². The number of aromatic nitrogens is 4. The van der Waals surface area contributed by atoms with Gasteiger partial charge in [-0.1, -0.05) is 29.8 Å². The van der Waals surface area contributed by atoms with Crippen LogP contribution in [0.3, 0.4) is 0 Å². The molecule has 0 fully saturated rings. The second-order valence-corrected chi connectivity index (χ2v) is 7.59. The van der Waals surface area contributed by atoms with Crippen molar-refractivity contribution in [1.29, 1.82) is 0 Å². The van der Waals surface area contributed by atoms with Gasteiger partial charge in [0.25, 0.3) is 0 Å². The Morgan fingerprint density at radius 3 is 2.52 bits per heavy atom. The number of para-hydroxylation sites is 1. The first-order chi connectivity index (χ1) is 14.1. The van der Waals surface area contributed by atoms with Crippen LogP contribution in [0.15, 0.2) is 65.0 Å². The zero-order valence-corrected chi connectivity index (χ0v) is 16.3. The molecular weight excluding hydrogens is 384 g/mol. The molecular formula is C20H16N8S. The van der Waals surface area contributed by atoms with Crippen molar-refractivity contribution < 1.29 is 0 Å². The first-order valence-electron chi connectivity index (χ1n) is 8.87. The van der Waals surface area contributed by atoms with E-state index in [-0.39, 0.29) is 5.82 Å². The minimum atomic E-state index is 0.231. The lowest BCUT2D eigenvalue weighted by atomic mass is 10.2. The highest BCUT2D eigenvalue weighted by Crippen LogP contribution is 2.35. The van der Waals surface area contributed by atoms with Gasteiger partial charge in [0.1, 0.15) is 10.8 Å². The van der Waals surface area contributed by atoms with E-state index in [2.05, 4.69) is 25.3 Å². The molecule has 0 unspecified atom stereocenters. The molecule has 9 heteroatoms. The summed E-state index contributed by atoms with van der Waals surface area (Å²) in [5.41, 5.74) is 16.6. The average molecular weight is 400 g/mol. The monoisotopic (exact) mass is 400 g/mol. The number of thiazole rings is 1. The highest BCUT2D eigenvalue weighted by molar-refractivity contribution is 7.21. The summed E-state index contributed by atoms with van der Waals surface area (Å²) in [7, 11) is 0. The number of nitrogens with zero attached hydrogens (tertiary/aromatic N) is 6. The van der Waals surface area contributed by atoms with Crippen LogP contribution in [0.1, 0.15) is 5.56 Å². The quantitative estimate of drug-likeness (QED) is 0.418. The fourth-order valence-corrected chi connectivity index (χ4v) is 3.94. The first-order valence-corrected chi connectivity index (χ1v) is 9.69. The van der Waals surface area contributed by atoms with Crippen molar-refractivity contribution in [1.82, 2.24) is 19.6 Å². The topological polar surface area (TPSA) is 120 Å². The Labute approximate surface area is 169 Å². The third kappa shape index (κ3) is 3.07. The van der Waals surface area contributed by atoms with Crippen molar-refractivity contribution >= 4 is 50.2 Å². The van der Waals surface area contributed by atoms with E-state index in [0.717, 1.165) is 20.8 Å². The molecule has 0 spiro atoms. The Balaban J connectivity index is 1.58. The van der Waals surface area contributed by atoms with E-state index in [9.17, 15) is 0 Å². The normalized spacial score (nSPS) is 11.8. The second-order valence-electron chi connectivity index (χ2n) is 6.56. The van der Waals surface area contributed by atoms with E-state index >= 15 is 0 Å². The smallest absolute Gasteiger partial charge is 0.187 e. The van der Waals surface area contributed by atoms with Crippen LogP contribution in [0, 0.1) is 6.92 Å². The van der Waals surface area contributed by atoms with Gasteiger partial charge in [-0.2, -0.15) is 5.11 Å². The third-order valence-corrected chi connectivity index (χ3v) is 5.53. The molecule has 0 aliphatic heterocycles. The summed E-state index contributed by atoms with van der Waals surface area (Å²) < 4.78 is 2.64. The van der Waals surface area contributed by atoms with Gasteiger partial charge in [0, 0.05) is 6.20 Å². The van der Waals surface area contributed by atoms with Crippen LogP contribution < -0.4 is 11.5 Å². The maximum Gasteiger partial charge on any atom is 0.187 e. The molecule has 8 nitrogen and oxygen atoms in total. The van der Waals surface area contributed by atoms with E-state index in [0.29, 0.717) is 28.4 Å². The van der Waals surface area contributed by atoms with Crippen molar-refractivity contribution in [3.8, 4) is 10.6 Å². The van der Waals surface area contributed by atoms with Gasteiger partial charge in [-0.3, -0.25) is 0 Å². The van der Waals surface area contributed by atoms with Crippen LogP contribution >= 0.6 is 11.3 Å². The third-order valence-electron chi connectivity index (χ3n) is 4.46. The Morgan fingerprint density at radius 1 is 0.931 bits per heavy atom. The molecule has 0 radical (unpaired) electrons. The maximum atomic E-state index is 6.24. The van der Waals surface area contributed by atoms with Crippen LogP contribution in [0.2, 0.25) is 0 Å². The van der Waals surface area contributed by atoms with E-state index in [1.54, 1.807) is 22.0 Å². The second kappa shape index (κ2) is 6.64. The lowest BCUT2D eigenvalue weighted by Crippen LogP contribution is -1.99. The van der Waals surface area contributed by atoms with Gasteiger partial charge in [0.15, 0.2) is 17.2 Å². The Kier molecular flexibility index (Phi) is 3.95. The number of fused-ring (bicyclic) bond motifs is 2. The van der Waals surface area contributed by atoms with Gasteiger partial charge in [0.2, 0.25) is 0 Å². The van der Waals surface area contributed by atoms with Gasteiger partial charge in [-0.05, 0) is 31.2 Å². The van der Waals surface area contributed by atoms with Crippen molar-refractivity contribution in [2.75, 3.05) is 11.5 Å². The molecule has 0 saturated carbocycles. The molecule has 0 bridgehead atoms. The fraction of sp³-hybridized carbons (Fsp3) is 0.0500. The van der Waals surface area contributed by atoms with E-state index in [1.807, 2.05) is 55.5 Å². The summed E-state index contributed by atoms with van der Waals surface area (Å²) in [6.45, 7) is 2.01. The van der Waals surface area contributed by atoms with Crippen LogP contribution in [0.4, 0.5) is 23.0 Å². The van der Waals surface area contributed by atoms with Crippen LogP contribution in [0.25, 0.3) is 26.4 Å². The summed E-state index contributed by atoms with van der Waals surface area (Å²) in [5, 5.41) is 13.6. The molecule has 0 atom stereocenters. The average Bonchev–Trinajstić information content (AvgIpc) is 3.27. The molecule has 0 aliphatic carbocycles. The van der Waals surface area contributed by atoms with Crippen molar-refractivity contribution in [3.05, 3.63) is 60.3 Å². The molecule has 0 amide bonds. The number of hydrogen-bond acceptors (Lipinski definition) is 8. The Morgan fingerprint density at radius 2 is 1.72 bits per heavy atom. The number of hydrogen-bond donors (Lipinski definition) is 2. The number of nitrogens with two attached hydrogens (primary N) is 2. The fourth-order valence-electron chi connectivity index (χ4n) is 2.96. The number of nitrogen functional groups attached to an aromatic ring is 2. The van der Waals surface area contributed by atoms with Crippen molar-refractivity contribution in [3.63, 3.8) is 0 Å². The highest BCUT2D eigenvalue weighted by atomic mass is 32.1. The number of aryl methyl sites for hydroxylation is 1. The van der Waals surface area contributed by atoms with Crippen LogP contribution in [0.5, 0.6) is 0 Å². The van der Waals surface area contributed by atoms with Gasteiger partial charge < -0.3 is 11.5 Å². The molecule has 5 aromatic rings. The standard InChI is InChI=1S/C20H16N8S/c1-11-6-8-12(9-7-11)25-26-16-18(22)27-28-10-13(17(21)24-19(16)28)20-23-14-4-2-3-5-15(14)29-20/h2-10H,1H3,(H2,21,24)(H2,22,27). The highest BCUT2D eigenvalue weighted by Gasteiger charge is 2.17. The molecule has 0 saturated heterocycles. The van der Waals surface area contributed by atoms with Gasteiger partial charge >= 0.3 is 0 Å². The molecule has 5 rings (SSSR count). The number of anilines is 2. The molecule has 3 heterocycles. The number of benzene rings is 2. The minimum absolute atomic E-state index is 0.231. The van der Waals surface area contributed by atoms with E-state index in [4.69, 9.17) is 11.5 Å². The van der Waals surface area contributed by atoms with E-state index in [1.165, 1.54) is 0 Å². The van der Waals surface area contributed by atoms with E-state index < -0.39 is 0 Å². The summed E-state index contributed by atoms with van der Waals surface area (Å²) >= 11 is 1.55. The lowest BCUT2D eigenvalue weighted by molar-refractivity contribution is 0.949. The molecule has 4 N–H and O–H groups in total. The summed E-state index contributed by atoms with van der Waals surface area (Å²) in [6.07, 6.45) is 1.77. The van der Waals surface area contributed by atoms with Gasteiger partial charge in [-0.15, -0.1) is 21.5 Å². The number of azo groups is 1. The molecule has 0 aliphatic rings. The van der Waals surface area contributed by atoms with Gasteiger partial charge in [0.05, 0.1) is 21.5 Å². The predicted molar refractivity (Wildman–Crippen MR) is 116 cm³/mol. The molecule has 3 aromatic heterocycles. The molecule has 2 aromatic carbocycles. The SMILES string of the molecule is Cc1ccc(N=Nc2c(N)nn3cc(-c4nc5ccccc5s4)c(N)nc23)cc1. The first kappa shape index (κ1) is 17.3. The predicted octanol–water partition coefficient (Wildman–Crippen LogP) is 4.89. The van der Waals surface area contributed by atoms with Crippen LogP contribution in [-0.4, -0.2) is 19.6 Å². The Hall–Kier alpha value is -3.85. The molecule has 29 heavy (non-hydrogen) atoms. The maximum absolute atomic E-state index is 6.24. The zero-order chi connectivity index (χ0) is 20.0. The Bertz CT molecular complexity index is 1350. The zero-order valence-electron chi connectivity index (χ0n) is 15.4. The largest absolute Gasteiger partial charge is 0.383 e. The van der Waals surface area contributed by atoms with Crippen molar-refractivity contribution in [2.24, 2.45) is 10.2 Å². The number of rotatable bonds is 3. The summed E-state index contributed by atoms with van der Waals surface area (Å²) in [4.78, 5) is 9.13. The van der Waals surface area contributed by atoms with Gasteiger partial charge in [-0.25, -0.2) is 14.5 Å².